The Kier molecular flexibility index (Phi) is 2.84. The Morgan fingerprint density at radius 1 is 0.684 bits per heavy atom. The standard InChI is InChI=1S/C12H3F5O2/c1-2-3-4(12(19)11(3)18)5-6(13)8(15)10(17)9(16)7(5)14/h2H,1H2. The van der Waals surface area contributed by atoms with E-state index in [4.69, 9.17) is 0 Å². The van der Waals surface area contributed by atoms with Crippen molar-refractivity contribution in [1.82, 2.24) is 0 Å². The summed E-state index contributed by atoms with van der Waals surface area (Å²) in [4.78, 5) is 22.3. The molecule has 98 valence electrons. The highest BCUT2D eigenvalue weighted by Crippen LogP contribution is 2.31. The van der Waals surface area contributed by atoms with Crippen LogP contribution in [0.1, 0.15) is 5.56 Å². The summed E-state index contributed by atoms with van der Waals surface area (Å²) in [5, 5.41) is 0. The molecule has 0 radical (unpaired) electrons. The fourth-order valence-electron chi connectivity index (χ4n) is 1.68. The lowest BCUT2D eigenvalue weighted by molar-refractivity contribution is 0.381. The first-order valence-corrected chi connectivity index (χ1v) is 4.80. The first-order chi connectivity index (χ1) is 8.82. The van der Waals surface area contributed by atoms with Gasteiger partial charge in [-0.25, -0.2) is 22.0 Å². The van der Waals surface area contributed by atoms with E-state index >= 15 is 0 Å². The van der Waals surface area contributed by atoms with Crippen LogP contribution in [0.4, 0.5) is 22.0 Å². The minimum Gasteiger partial charge on any atom is -0.285 e. The van der Waals surface area contributed by atoms with Gasteiger partial charge in [-0.05, 0) is 0 Å². The largest absolute Gasteiger partial charge is 0.285 e. The highest BCUT2D eigenvalue weighted by Gasteiger charge is 2.32. The fourth-order valence-corrected chi connectivity index (χ4v) is 1.68. The summed E-state index contributed by atoms with van der Waals surface area (Å²) < 4.78 is 65.6. The molecule has 0 saturated carbocycles. The number of rotatable bonds is 2. The molecule has 0 N–H and O–H groups in total. The van der Waals surface area contributed by atoms with Gasteiger partial charge in [0.15, 0.2) is 23.3 Å². The average molecular weight is 274 g/mol. The molecule has 0 unspecified atom stereocenters. The summed E-state index contributed by atoms with van der Waals surface area (Å²) in [7, 11) is 0. The van der Waals surface area contributed by atoms with Crippen molar-refractivity contribution in [3.05, 3.63) is 61.7 Å². The fraction of sp³-hybridized carbons (Fsp3) is 0. The van der Waals surface area contributed by atoms with E-state index in [1.807, 2.05) is 0 Å². The van der Waals surface area contributed by atoms with Gasteiger partial charge in [-0.2, -0.15) is 0 Å². The van der Waals surface area contributed by atoms with Gasteiger partial charge in [-0.1, -0.05) is 12.7 Å². The second kappa shape index (κ2) is 4.11. The zero-order chi connectivity index (χ0) is 14.5. The maximum absolute atomic E-state index is 13.4. The highest BCUT2D eigenvalue weighted by atomic mass is 19.2. The molecule has 0 amide bonds. The predicted molar refractivity (Wildman–Crippen MR) is 56.7 cm³/mol. The van der Waals surface area contributed by atoms with Crippen molar-refractivity contribution in [1.29, 1.82) is 0 Å². The van der Waals surface area contributed by atoms with E-state index in [1.54, 1.807) is 0 Å². The smallest absolute Gasteiger partial charge is 0.235 e. The minimum absolute atomic E-state index is 0.479. The van der Waals surface area contributed by atoms with Crippen LogP contribution < -0.4 is 10.9 Å². The topological polar surface area (TPSA) is 34.1 Å². The van der Waals surface area contributed by atoms with Crippen LogP contribution in [0.5, 0.6) is 0 Å². The highest BCUT2D eigenvalue weighted by molar-refractivity contribution is 5.79. The van der Waals surface area contributed by atoms with Crippen molar-refractivity contribution in [2.24, 2.45) is 0 Å². The molecule has 0 saturated heterocycles. The van der Waals surface area contributed by atoms with Crippen molar-refractivity contribution in [3.8, 4) is 11.1 Å². The Morgan fingerprint density at radius 2 is 1.11 bits per heavy atom. The molecule has 0 heterocycles. The normalized spacial score (nSPS) is 11.0. The maximum Gasteiger partial charge on any atom is 0.235 e. The third-order valence-corrected chi connectivity index (χ3v) is 2.61. The van der Waals surface area contributed by atoms with Gasteiger partial charge in [0.25, 0.3) is 0 Å². The summed E-state index contributed by atoms with van der Waals surface area (Å²) in [6.07, 6.45) is 0.817. The van der Waals surface area contributed by atoms with Crippen LogP contribution in [0.3, 0.4) is 0 Å². The van der Waals surface area contributed by atoms with Crippen LogP contribution in [-0.4, -0.2) is 0 Å². The zero-order valence-corrected chi connectivity index (χ0v) is 8.99. The molecule has 0 fully saturated rings. The van der Waals surface area contributed by atoms with Gasteiger partial charge in [-0.3, -0.25) is 9.59 Å². The molecule has 2 rings (SSSR count). The molecule has 7 heteroatoms. The second-order valence-electron chi connectivity index (χ2n) is 3.60. The molecular formula is C12H3F5O2. The average Bonchev–Trinajstić information content (AvgIpc) is 2.41. The summed E-state index contributed by atoms with van der Waals surface area (Å²) in [6, 6.07) is 0. The monoisotopic (exact) mass is 274 g/mol. The molecule has 0 aliphatic carbocycles. The Bertz CT molecular complexity index is 755. The number of hydrogen-bond acceptors (Lipinski definition) is 2. The Morgan fingerprint density at radius 3 is 1.53 bits per heavy atom. The van der Waals surface area contributed by atoms with Gasteiger partial charge in [0.1, 0.15) is 0 Å². The van der Waals surface area contributed by atoms with Crippen molar-refractivity contribution < 1.29 is 22.0 Å². The number of hydrogen-bond donors (Lipinski definition) is 0. The van der Waals surface area contributed by atoms with E-state index in [9.17, 15) is 31.5 Å². The molecule has 0 bridgehead atoms. The van der Waals surface area contributed by atoms with E-state index in [-0.39, 0.29) is 0 Å². The molecule has 0 aromatic heterocycles. The van der Waals surface area contributed by atoms with Crippen LogP contribution in [0.15, 0.2) is 16.2 Å². The van der Waals surface area contributed by atoms with Crippen molar-refractivity contribution >= 4 is 6.08 Å². The lowest BCUT2D eigenvalue weighted by Gasteiger charge is -2.11. The SMILES string of the molecule is C=Cc1c(-c2c(F)c(F)c(F)c(F)c2F)c(=O)c1=O. The summed E-state index contributed by atoms with van der Waals surface area (Å²) in [5.41, 5.74) is -5.15. The van der Waals surface area contributed by atoms with Gasteiger partial charge in [0.2, 0.25) is 16.7 Å². The van der Waals surface area contributed by atoms with Crippen molar-refractivity contribution in [2.75, 3.05) is 0 Å². The van der Waals surface area contributed by atoms with Crippen molar-refractivity contribution in [2.45, 2.75) is 0 Å². The maximum atomic E-state index is 13.4. The molecule has 0 aliphatic heterocycles. The molecule has 2 aromatic rings. The van der Waals surface area contributed by atoms with Crippen LogP contribution >= 0.6 is 0 Å². The van der Waals surface area contributed by atoms with Gasteiger partial charge in [0.05, 0.1) is 11.1 Å². The van der Waals surface area contributed by atoms with E-state index in [1.165, 1.54) is 0 Å². The molecule has 2 aromatic carbocycles. The van der Waals surface area contributed by atoms with E-state index < -0.39 is 56.6 Å². The molecular weight excluding hydrogens is 271 g/mol. The van der Waals surface area contributed by atoms with Crippen LogP contribution in [-0.2, 0) is 0 Å². The quantitative estimate of drug-likeness (QED) is 0.364. The van der Waals surface area contributed by atoms with Crippen molar-refractivity contribution in [3.63, 3.8) is 0 Å². The Labute approximate surface area is 102 Å². The van der Waals surface area contributed by atoms with Gasteiger partial charge in [0, 0.05) is 5.56 Å². The molecule has 0 aliphatic rings. The Balaban J connectivity index is 2.93. The third kappa shape index (κ3) is 1.54. The summed E-state index contributed by atoms with van der Waals surface area (Å²) in [5.74, 6) is -11.0. The zero-order valence-electron chi connectivity index (χ0n) is 8.99. The lowest BCUT2D eigenvalue weighted by atomic mass is 9.93. The third-order valence-electron chi connectivity index (χ3n) is 2.61. The van der Waals surface area contributed by atoms with E-state index in [0.29, 0.717) is 0 Å². The first-order valence-electron chi connectivity index (χ1n) is 4.80. The molecule has 0 spiro atoms. The lowest BCUT2D eigenvalue weighted by Crippen LogP contribution is -2.36. The number of halogens is 5. The summed E-state index contributed by atoms with van der Waals surface area (Å²) >= 11 is 0. The van der Waals surface area contributed by atoms with Crippen LogP contribution in [0.2, 0.25) is 0 Å². The second-order valence-corrected chi connectivity index (χ2v) is 3.60. The summed E-state index contributed by atoms with van der Waals surface area (Å²) in [6.45, 7) is 3.13. The minimum atomic E-state index is -2.34. The first kappa shape index (κ1) is 13.1. The van der Waals surface area contributed by atoms with Gasteiger partial charge in [-0.15, -0.1) is 0 Å². The predicted octanol–water partition coefficient (Wildman–Crippen LogP) is 2.29. The van der Waals surface area contributed by atoms with E-state index in [2.05, 4.69) is 6.58 Å². The van der Waals surface area contributed by atoms with Gasteiger partial charge >= 0.3 is 0 Å². The Hall–Kier alpha value is -2.31. The molecule has 19 heavy (non-hydrogen) atoms. The van der Waals surface area contributed by atoms with Gasteiger partial charge < -0.3 is 0 Å². The van der Waals surface area contributed by atoms with E-state index in [0.717, 1.165) is 6.08 Å². The molecule has 0 atom stereocenters. The van der Waals surface area contributed by atoms with Crippen LogP contribution in [0.25, 0.3) is 17.2 Å². The number of benzene rings is 1. The van der Waals surface area contributed by atoms with Crippen LogP contribution in [0, 0.1) is 29.1 Å². The molecule has 2 nitrogen and oxygen atoms in total.